The van der Waals surface area contributed by atoms with Crippen molar-refractivity contribution in [2.75, 3.05) is 12.9 Å². The zero-order valence-electron chi connectivity index (χ0n) is 10.0. The summed E-state index contributed by atoms with van der Waals surface area (Å²) in [6.07, 6.45) is 3.41. The number of nitro benzene ring substituents is 1. The first-order chi connectivity index (χ1) is 8.51. The SMILES string of the molecule is COC(=O)c1cc(C=CCS)cc([N+](=O)[O-])c1C. The van der Waals surface area contributed by atoms with Crippen LogP contribution in [0.25, 0.3) is 6.08 Å². The third-order valence-electron chi connectivity index (χ3n) is 2.42. The van der Waals surface area contributed by atoms with E-state index in [0.717, 1.165) is 0 Å². The molecule has 0 saturated heterocycles. The van der Waals surface area contributed by atoms with Crippen molar-refractivity contribution in [3.8, 4) is 0 Å². The van der Waals surface area contributed by atoms with Crippen LogP contribution in [0.2, 0.25) is 0 Å². The number of carbonyl (C=O) groups is 1. The highest BCUT2D eigenvalue weighted by atomic mass is 32.1. The Morgan fingerprint density at radius 1 is 1.56 bits per heavy atom. The fourth-order valence-corrected chi connectivity index (χ4v) is 1.62. The molecule has 18 heavy (non-hydrogen) atoms. The van der Waals surface area contributed by atoms with E-state index in [0.29, 0.717) is 16.9 Å². The molecule has 0 N–H and O–H groups in total. The molecule has 0 bridgehead atoms. The lowest BCUT2D eigenvalue weighted by Gasteiger charge is -2.06. The maximum Gasteiger partial charge on any atom is 0.338 e. The summed E-state index contributed by atoms with van der Waals surface area (Å²) in [7, 11) is 1.24. The number of methoxy groups -OCH3 is 1. The van der Waals surface area contributed by atoms with Crippen LogP contribution >= 0.6 is 12.6 Å². The molecule has 0 amide bonds. The maximum absolute atomic E-state index is 11.6. The zero-order valence-corrected chi connectivity index (χ0v) is 10.9. The van der Waals surface area contributed by atoms with Gasteiger partial charge >= 0.3 is 5.97 Å². The molecule has 0 radical (unpaired) electrons. The number of nitro groups is 1. The lowest BCUT2D eigenvalue weighted by atomic mass is 10.0. The van der Waals surface area contributed by atoms with Gasteiger partial charge in [0.15, 0.2) is 0 Å². The molecule has 0 unspecified atom stereocenters. The predicted molar refractivity (Wildman–Crippen MR) is 72.1 cm³/mol. The molecule has 0 aromatic heterocycles. The molecule has 0 aliphatic rings. The zero-order chi connectivity index (χ0) is 13.7. The average molecular weight is 267 g/mol. The number of thiol groups is 1. The number of carbonyl (C=O) groups excluding carboxylic acids is 1. The normalized spacial score (nSPS) is 10.6. The molecule has 0 aliphatic carbocycles. The van der Waals surface area contributed by atoms with Gasteiger partial charge in [-0.2, -0.15) is 12.6 Å². The smallest absolute Gasteiger partial charge is 0.338 e. The molecule has 5 nitrogen and oxygen atoms in total. The van der Waals surface area contributed by atoms with Gasteiger partial charge in [-0.3, -0.25) is 10.1 Å². The van der Waals surface area contributed by atoms with Gasteiger partial charge in [-0.15, -0.1) is 0 Å². The Hall–Kier alpha value is -1.82. The van der Waals surface area contributed by atoms with E-state index in [1.54, 1.807) is 18.2 Å². The number of ether oxygens (including phenoxy) is 1. The Labute approximate surface area is 110 Å². The van der Waals surface area contributed by atoms with E-state index < -0.39 is 10.9 Å². The molecule has 0 heterocycles. The van der Waals surface area contributed by atoms with E-state index in [2.05, 4.69) is 17.4 Å². The van der Waals surface area contributed by atoms with Crippen LogP contribution in [-0.2, 0) is 4.74 Å². The number of hydrogen-bond donors (Lipinski definition) is 1. The van der Waals surface area contributed by atoms with E-state index in [9.17, 15) is 14.9 Å². The molecule has 6 heteroatoms. The number of nitrogens with zero attached hydrogens (tertiary/aromatic N) is 1. The average Bonchev–Trinajstić information content (AvgIpc) is 2.36. The van der Waals surface area contributed by atoms with Crippen LogP contribution in [0.1, 0.15) is 21.5 Å². The summed E-state index contributed by atoms with van der Waals surface area (Å²) in [4.78, 5) is 22.0. The summed E-state index contributed by atoms with van der Waals surface area (Å²) in [5.41, 5.74) is 0.971. The highest BCUT2D eigenvalue weighted by Gasteiger charge is 2.20. The summed E-state index contributed by atoms with van der Waals surface area (Å²) in [6, 6.07) is 2.98. The van der Waals surface area contributed by atoms with Crippen LogP contribution in [0.15, 0.2) is 18.2 Å². The number of esters is 1. The topological polar surface area (TPSA) is 69.4 Å². The van der Waals surface area contributed by atoms with Gasteiger partial charge in [0.25, 0.3) is 5.69 Å². The van der Waals surface area contributed by atoms with Gasteiger partial charge in [-0.05, 0) is 18.6 Å². The van der Waals surface area contributed by atoms with E-state index in [1.807, 2.05) is 0 Å². The standard InChI is InChI=1S/C12H13NO4S/c1-8-10(12(14)17-2)6-9(4-3-5-18)7-11(8)13(15)16/h3-4,6-7,18H,5H2,1-2H3. The third kappa shape index (κ3) is 3.10. The van der Waals surface area contributed by atoms with Crippen molar-refractivity contribution in [2.24, 2.45) is 0 Å². The van der Waals surface area contributed by atoms with E-state index in [-0.39, 0.29) is 11.3 Å². The highest BCUT2D eigenvalue weighted by molar-refractivity contribution is 7.80. The molecule has 1 aromatic rings. The molecule has 0 fully saturated rings. The van der Waals surface area contributed by atoms with E-state index in [4.69, 9.17) is 0 Å². The van der Waals surface area contributed by atoms with Crippen LogP contribution in [0.4, 0.5) is 5.69 Å². The first kappa shape index (κ1) is 14.2. The van der Waals surface area contributed by atoms with Crippen LogP contribution in [0.3, 0.4) is 0 Å². The molecule has 1 aromatic carbocycles. The van der Waals surface area contributed by atoms with Gasteiger partial charge in [0.2, 0.25) is 0 Å². The van der Waals surface area contributed by atoms with Crippen LogP contribution in [-0.4, -0.2) is 23.8 Å². The minimum atomic E-state index is -0.586. The van der Waals surface area contributed by atoms with Crippen LogP contribution in [0, 0.1) is 17.0 Å². The van der Waals surface area contributed by atoms with Crippen molar-refractivity contribution in [3.63, 3.8) is 0 Å². The Morgan fingerprint density at radius 2 is 2.22 bits per heavy atom. The summed E-state index contributed by atoms with van der Waals surface area (Å²) in [5.74, 6) is -0.0772. The molecule has 0 spiro atoms. The molecular weight excluding hydrogens is 254 g/mol. The van der Waals surface area contributed by atoms with Crippen molar-refractivity contribution >= 4 is 30.4 Å². The number of benzene rings is 1. The monoisotopic (exact) mass is 267 g/mol. The second-order valence-electron chi connectivity index (χ2n) is 3.55. The van der Waals surface area contributed by atoms with Crippen molar-refractivity contribution < 1.29 is 14.5 Å². The van der Waals surface area contributed by atoms with Gasteiger partial charge in [0.05, 0.1) is 17.6 Å². The fraction of sp³-hybridized carbons (Fsp3) is 0.250. The lowest BCUT2D eigenvalue weighted by molar-refractivity contribution is -0.385. The van der Waals surface area contributed by atoms with Crippen LogP contribution < -0.4 is 0 Å². The van der Waals surface area contributed by atoms with Crippen molar-refractivity contribution in [1.29, 1.82) is 0 Å². The van der Waals surface area contributed by atoms with E-state index >= 15 is 0 Å². The molecule has 0 saturated carbocycles. The van der Waals surface area contributed by atoms with Crippen molar-refractivity contribution in [3.05, 3.63) is 45.0 Å². The minimum absolute atomic E-state index is 0.100. The first-order valence-corrected chi connectivity index (χ1v) is 5.79. The largest absolute Gasteiger partial charge is 0.465 e. The Morgan fingerprint density at radius 3 is 2.72 bits per heavy atom. The second-order valence-corrected chi connectivity index (χ2v) is 3.91. The van der Waals surface area contributed by atoms with Gasteiger partial charge in [-0.1, -0.05) is 12.2 Å². The third-order valence-corrected chi connectivity index (χ3v) is 2.63. The Kier molecular flexibility index (Phi) is 4.91. The summed E-state index contributed by atoms with van der Waals surface area (Å²) >= 11 is 4.01. The highest BCUT2D eigenvalue weighted by Crippen LogP contribution is 2.25. The summed E-state index contributed by atoms with van der Waals surface area (Å²) < 4.78 is 4.61. The van der Waals surface area contributed by atoms with Gasteiger partial charge in [-0.25, -0.2) is 4.79 Å². The van der Waals surface area contributed by atoms with Gasteiger partial charge < -0.3 is 4.74 Å². The van der Waals surface area contributed by atoms with Gasteiger partial charge in [0.1, 0.15) is 0 Å². The fourth-order valence-electron chi connectivity index (χ4n) is 1.52. The van der Waals surface area contributed by atoms with Gasteiger partial charge in [0, 0.05) is 17.4 Å². The molecule has 96 valence electrons. The lowest BCUT2D eigenvalue weighted by Crippen LogP contribution is -2.06. The van der Waals surface area contributed by atoms with E-state index in [1.165, 1.54) is 20.1 Å². The first-order valence-electron chi connectivity index (χ1n) is 5.16. The van der Waals surface area contributed by atoms with Crippen molar-refractivity contribution in [2.45, 2.75) is 6.92 Å². The van der Waals surface area contributed by atoms with Crippen molar-refractivity contribution in [1.82, 2.24) is 0 Å². The predicted octanol–water partition coefficient (Wildman–Crippen LogP) is 2.63. The quantitative estimate of drug-likeness (QED) is 0.394. The molecule has 0 aliphatic heterocycles. The Balaban J connectivity index is 3.41. The molecule has 1 rings (SSSR count). The number of rotatable bonds is 4. The second kappa shape index (κ2) is 6.20. The molecular formula is C12H13NO4S. The Bertz CT molecular complexity index is 511. The van der Waals surface area contributed by atoms with Crippen LogP contribution in [0.5, 0.6) is 0 Å². The summed E-state index contributed by atoms with van der Waals surface area (Å²) in [5, 5.41) is 10.9. The number of hydrogen-bond acceptors (Lipinski definition) is 5. The summed E-state index contributed by atoms with van der Waals surface area (Å²) in [6.45, 7) is 1.52. The minimum Gasteiger partial charge on any atom is -0.465 e. The molecule has 0 atom stereocenters. The maximum atomic E-state index is 11.6.